The van der Waals surface area contributed by atoms with Gasteiger partial charge in [0, 0.05) is 12.2 Å². The van der Waals surface area contributed by atoms with Gasteiger partial charge in [-0.2, -0.15) is 5.26 Å². The third-order valence-corrected chi connectivity index (χ3v) is 4.31. The van der Waals surface area contributed by atoms with E-state index in [9.17, 15) is 9.59 Å². The van der Waals surface area contributed by atoms with Gasteiger partial charge < -0.3 is 14.4 Å². The van der Waals surface area contributed by atoms with Gasteiger partial charge in [-0.25, -0.2) is 4.79 Å². The highest BCUT2D eigenvalue weighted by atomic mass is 16.5. The van der Waals surface area contributed by atoms with Crippen molar-refractivity contribution in [2.75, 3.05) is 18.6 Å². The lowest BCUT2D eigenvalue weighted by Gasteiger charge is -2.22. The van der Waals surface area contributed by atoms with Crippen LogP contribution in [-0.4, -0.2) is 31.6 Å². The van der Waals surface area contributed by atoms with E-state index in [4.69, 9.17) is 14.7 Å². The Morgan fingerprint density at radius 1 is 1.19 bits per heavy atom. The van der Waals surface area contributed by atoms with Crippen molar-refractivity contribution in [1.82, 2.24) is 0 Å². The molecule has 1 amide bonds. The first kappa shape index (κ1) is 17.5. The molecule has 2 aromatic rings. The van der Waals surface area contributed by atoms with Crippen LogP contribution in [-0.2, 0) is 16.0 Å². The van der Waals surface area contributed by atoms with Gasteiger partial charge in [0.05, 0.1) is 24.3 Å². The van der Waals surface area contributed by atoms with E-state index in [1.165, 1.54) is 7.11 Å². The number of methoxy groups -OCH3 is 1. The first-order valence-corrected chi connectivity index (χ1v) is 8.23. The highest BCUT2D eigenvalue weighted by Gasteiger charge is 2.29. The van der Waals surface area contributed by atoms with E-state index in [0.29, 0.717) is 29.8 Å². The van der Waals surface area contributed by atoms with Crippen LogP contribution in [0.2, 0.25) is 0 Å². The van der Waals surface area contributed by atoms with Gasteiger partial charge in [-0.3, -0.25) is 4.79 Å². The number of rotatable bonds is 4. The summed E-state index contributed by atoms with van der Waals surface area (Å²) in [6.07, 6.45) is 0.00402. The van der Waals surface area contributed by atoms with Crippen molar-refractivity contribution in [2.45, 2.75) is 19.4 Å². The zero-order valence-corrected chi connectivity index (χ0v) is 14.6. The first-order valence-electron chi connectivity index (χ1n) is 8.23. The molecule has 1 atom stereocenters. The minimum atomic E-state index is -0.672. The third kappa shape index (κ3) is 3.38. The molecule has 0 saturated carbocycles. The number of fused-ring (bicyclic) bond motifs is 1. The van der Waals surface area contributed by atoms with Crippen LogP contribution in [0.5, 0.6) is 5.75 Å². The van der Waals surface area contributed by atoms with Crippen molar-refractivity contribution in [3.8, 4) is 11.8 Å². The summed E-state index contributed by atoms with van der Waals surface area (Å²) >= 11 is 0. The fourth-order valence-corrected chi connectivity index (χ4v) is 2.96. The lowest BCUT2D eigenvalue weighted by molar-refractivity contribution is -0.124. The zero-order valence-electron chi connectivity index (χ0n) is 14.6. The van der Waals surface area contributed by atoms with Gasteiger partial charge in [-0.05, 0) is 61.4 Å². The molecule has 1 aliphatic heterocycles. The molecule has 0 spiro atoms. The second-order valence-corrected chi connectivity index (χ2v) is 5.97. The maximum absolute atomic E-state index is 12.8. The van der Waals surface area contributed by atoms with Gasteiger partial charge in [0.1, 0.15) is 5.75 Å². The Morgan fingerprint density at radius 3 is 2.58 bits per heavy atom. The summed E-state index contributed by atoms with van der Waals surface area (Å²) in [6.45, 7) is 2.24. The number of hydrogen-bond donors (Lipinski definition) is 0. The van der Waals surface area contributed by atoms with Crippen molar-refractivity contribution in [3.05, 3.63) is 59.2 Å². The second kappa shape index (κ2) is 7.28. The summed E-state index contributed by atoms with van der Waals surface area (Å²) in [4.78, 5) is 26.1. The second-order valence-electron chi connectivity index (χ2n) is 5.97. The van der Waals surface area contributed by atoms with Gasteiger partial charge in [-0.1, -0.05) is 0 Å². The number of nitrogens with zero attached hydrogens (tertiary/aromatic N) is 2. The Labute approximate surface area is 151 Å². The number of amides is 1. The van der Waals surface area contributed by atoms with Crippen LogP contribution in [0.4, 0.5) is 5.69 Å². The predicted octanol–water partition coefficient (Wildman–Crippen LogP) is 2.70. The van der Waals surface area contributed by atoms with Gasteiger partial charge in [0.15, 0.2) is 6.10 Å². The molecule has 132 valence electrons. The van der Waals surface area contributed by atoms with Crippen LogP contribution in [0.25, 0.3) is 0 Å². The molecule has 2 aromatic carbocycles. The van der Waals surface area contributed by atoms with E-state index < -0.39 is 12.1 Å². The highest BCUT2D eigenvalue weighted by molar-refractivity contribution is 5.99. The summed E-state index contributed by atoms with van der Waals surface area (Å²) in [5.41, 5.74) is 2.73. The zero-order chi connectivity index (χ0) is 18.7. The number of ether oxygens (including phenoxy) is 2. The van der Waals surface area contributed by atoms with E-state index in [1.54, 1.807) is 54.3 Å². The Bertz CT molecular complexity index is 884. The smallest absolute Gasteiger partial charge is 0.337 e. The number of benzene rings is 2. The predicted molar refractivity (Wildman–Crippen MR) is 95.1 cm³/mol. The van der Waals surface area contributed by atoms with Crippen LogP contribution >= 0.6 is 0 Å². The van der Waals surface area contributed by atoms with Crippen molar-refractivity contribution < 1.29 is 19.1 Å². The summed E-state index contributed by atoms with van der Waals surface area (Å²) in [5.74, 6) is -0.0145. The standard InChI is InChI=1S/C20H18N2O4/c1-13(26-17-6-3-14(12-21)4-7-17)19(23)22-10-9-15-11-16(20(24)25-2)5-8-18(15)22/h3-8,11,13H,9-10H2,1-2H3. The fraction of sp³-hybridized carbons (Fsp3) is 0.250. The molecule has 0 saturated heterocycles. The number of hydrogen-bond acceptors (Lipinski definition) is 5. The Morgan fingerprint density at radius 2 is 1.92 bits per heavy atom. The molecule has 6 heteroatoms. The summed E-state index contributed by atoms with van der Waals surface area (Å²) in [7, 11) is 1.34. The van der Waals surface area contributed by atoms with E-state index in [2.05, 4.69) is 0 Å². The molecule has 0 aliphatic carbocycles. The first-order chi connectivity index (χ1) is 12.5. The fourth-order valence-electron chi connectivity index (χ4n) is 2.96. The van der Waals surface area contributed by atoms with Crippen LogP contribution in [0.1, 0.15) is 28.4 Å². The summed E-state index contributed by atoms with van der Waals surface area (Å²) in [5, 5.41) is 8.82. The lowest BCUT2D eigenvalue weighted by Crippen LogP contribution is -2.39. The normalized spacial score (nSPS) is 13.5. The monoisotopic (exact) mass is 350 g/mol. The third-order valence-electron chi connectivity index (χ3n) is 4.31. The minimum Gasteiger partial charge on any atom is -0.481 e. The molecule has 1 unspecified atom stereocenters. The average Bonchev–Trinajstić information content (AvgIpc) is 3.10. The molecule has 0 aromatic heterocycles. The number of carbonyl (C=O) groups is 2. The number of esters is 1. The minimum absolute atomic E-state index is 0.154. The summed E-state index contributed by atoms with van der Waals surface area (Å²) in [6, 6.07) is 13.9. The lowest BCUT2D eigenvalue weighted by atomic mass is 10.1. The highest BCUT2D eigenvalue weighted by Crippen LogP contribution is 2.30. The van der Waals surface area contributed by atoms with Crippen molar-refractivity contribution in [2.24, 2.45) is 0 Å². The molecule has 1 aliphatic rings. The van der Waals surface area contributed by atoms with Crippen molar-refractivity contribution in [1.29, 1.82) is 5.26 Å². The number of anilines is 1. The molecule has 0 N–H and O–H groups in total. The quantitative estimate of drug-likeness (QED) is 0.792. The van der Waals surface area contributed by atoms with Gasteiger partial charge in [0.25, 0.3) is 5.91 Å². The molecule has 1 heterocycles. The maximum atomic E-state index is 12.8. The number of carbonyl (C=O) groups excluding carboxylic acids is 2. The molecule has 26 heavy (non-hydrogen) atoms. The molecular weight excluding hydrogens is 332 g/mol. The molecule has 3 rings (SSSR count). The van der Waals surface area contributed by atoms with Crippen molar-refractivity contribution >= 4 is 17.6 Å². The molecule has 0 bridgehead atoms. The van der Waals surface area contributed by atoms with Crippen LogP contribution in [0, 0.1) is 11.3 Å². The Balaban J connectivity index is 1.73. The molecular formula is C20H18N2O4. The molecule has 6 nitrogen and oxygen atoms in total. The van der Waals surface area contributed by atoms with Crippen molar-refractivity contribution in [3.63, 3.8) is 0 Å². The van der Waals surface area contributed by atoms with E-state index in [-0.39, 0.29) is 5.91 Å². The summed E-state index contributed by atoms with van der Waals surface area (Å²) < 4.78 is 10.4. The van der Waals surface area contributed by atoms with Crippen LogP contribution in [0.3, 0.4) is 0 Å². The Hall–Kier alpha value is -3.33. The SMILES string of the molecule is COC(=O)c1ccc2c(c1)CCN2C(=O)C(C)Oc1ccc(C#N)cc1. The van der Waals surface area contributed by atoms with E-state index in [0.717, 1.165) is 11.3 Å². The number of nitriles is 1. The van der Waals surface area contributed by atoms with Crippen LogP contribution < -0.4 is 9.64 Å². The largest absolute Gasteiger partial charge is 0.481 e. The van der Waals surface area contributed by atoms with Crippen LogP contribution in [0.15, 0.2) is 42.5 Å². The van der Waals surface area contributed by atoms with Gasteiger partial charge in [-0.15, -0.1) is 0 Å². The van der Waals surface area contributed by atoms with Gasteiger partial charge >= 0.3 is 5.97 Å². The molecule has 0 radical (unpaired) electrons. The molecule has 0 fully saturated rings. The Kier molecular flexibility index (Phi) is 4.90. The maximum Gasteiger partial charge on any atom is 0.337 e. The van der Waals surface area contributed by atoms with E-state index in [1.807, 2.05) is 6.07 Å². The van der Waals surface area contributed by atoms with Gasteiger partial charge in [0.2, 0.25) is 0 Å². The van der Waals surface area contributed by atoms with E-state index >= 15 is 0 Å². The topological polar surface area (TPSA) is 79.6 Å². The average molecular weight is 350 g/mol.